The van der Waals surface area contributed by atoms with Crippen molar-refractivity contribution in [3.05, 3.63) is 65.8 Å². The molecule has 1 saturated heterocycles. The monoisotopic (exact) mass is 444 g/mol. The molecular weight excluding hydrogens is 420 g/mol. The van der Waals surface area contributed by atoms with E-state index in [4.69, 9.17) is 11.6 Å². The minimum Gasteiger partial charge on any atom is -0.368 e. The van der Waals surface area contributed by atoms with Crippen molar-refractivity contribution >= 4 is 27.3 Å². The number of benzene rings is 2. The first-order chi connectivity index (χ1) is 14.4. The molecule has 0 unspecified atom stereocenters. The summed E-state index contributed by atoms with van der Waals surface area (Å²) >= 11 is 6.32. The van der Waals surface area contributed by atoms with Crippen LogP contribution in [0.15, 0.2) is 65.7 Å². The van der Waals surface area contributed by atoms with Crippen LogP contribution in [0.3, 0.4) is 0 Å². The molecule has 0 amide bonds. The average molecular weight is 445 g/mol. The van der Waals surface area contributed by atoms with Crippen LogP contribution in [0.4, 0.5) is 5.69 Å². The van der Waals surface area contributed by atoms with E-state index in [-0.39, 0.29) is 10.9 Å². The predicted molar refractivity (Wildman–Crippen MR) is 120 cm³/mol. The molecule has 0 radical (unpaired) electrons. The van der Waals surface area contributed by atoms with Gasteiger partial charge in [-0.2, -0.15) is 9.40 Å². The van der Waals surface area contributed by atoms with Gasteiger partial charge in [0.1, 0.15) is 10.6 Å². The number of rotatable bonds is 5. The van der Waals surface area contributed by atoms with Crippen LogP contribution >= 0.6 is 11.6 Å². The summed E-state index contributed by atoms with van der Waals surface area (Å²) in [6.07, 6.45) is 1.66. The highest BCUT2D eigenvalue weighted by Crippen LogP contribution is 2.31. The van der Waals surface area contributed by atoms with Gasteiger partial charge in [-0.15, -0.1) is 0 Å². The van der Waals surface area contributed by atoms with Gasteiger partial charge in [0.15, 0.2) is 0 Å². The van der Waals surface area contributed by atoms with Crippen LogP contribution in [-0.2, 0) is 10.0 Å². The minimum atomic E-state index is -3.68. The first kappa shape index (κ1) is 20.9. The van der Waals surface area contributed by atoms with Gasteiger partial charge >= 0.3 is 0 Å². The fraction of sp³-hybridized carbons (Fsp3) is 0.318. The molecule has 1 aromatic heterocycles. The highest BCUT2D eigenvalue weighted by atomic mass is 35.5. The number of aromatic nitrogens is 2. The Bertz CT molecular complexity index is 1120. The van der Waals surface area contributed by atoms with Crippen LogP contribution < -0.4 is 4.90 Å². The summed E-state index contributed by atoms with van der Waals surface area (Å²) in [5.41, 5.74) is 2.23. The molecule has 0 atom stereocenters. The summed E-state index contributed by atoms with van der Waals surface area (Å²) in [7, 11) is -3.68. The molecule has 0 saturated carbocycles. The van der Waals surface area contributed by atoms with Gasteiger partial charge in [0.05, 0.1) is 10.7 Å². The van der Waals surface area contributed by atoms with Crippen molar-refractivity contribution in [2.45, 2.75) is 24.8 Å². The Morgan fingerprint density at radius 1 is 0.933 bits per heavy atom. The Morgan fingerprint density at radius 3 is 2.20 bits per heavy atom. The largest absolute Gasteiger partial charge is 0.368 e. The van der Waals surface area contributed by atoms with Crippen LogP contribution in [0.1, 0.15) is 19.9 Å². The number of nitrogens with zero attached hydrogens (tertiary/aromatic N) is 4. The third-order valence-electron chi connectivity index (χ3n) is 5.32. The van der Waals surface area contributed by atoms with Gasteiger partial charge in [-0.3, -0.25) is 4.68 Å². The van der Waals surface area contributed by atoms with Crippen LogP contribution in [0.25, 0.3) is 11.3 Å². The smallest absolute Gasteiger partial charge is 0.246 e. The first-order valence-corrected chi connectivity index (χ1v) is 11.8. The lowest BCUT2D eigenvalue weighted by atomic mass is 10.2. The van der Waals surface area contributed by atoms with Crippen molar-refractivity contribution in [2.24, 2.45) is 0 Å². The molecule has 4 rings (SSSR count). The molecule has 0 N–H and O–H groups in total. The molecule has 2 heterocycles. The molecule has 1 aliphatic rings. The number of hydrogen-bond donors (Lipinski definition) is 0. The maximum atomic E-state index is 13.6. The second-order valence-electron chi connectivity index (χ2n) is 7.62. The molecule has 0 aliphatic carbocycles. The fourth-order valence-corrected chi connectivity index (χ4v) is 5.46. The van der Waals surface area contributed by atoms with Crippen molar-refractivity contribution in [1.29, 1.82) is 0 Å². The second-order valence-corrected chi connectivity index (χ2v) is 9.94. The SMILES string of the molecule is CC(C)n1cc(S(=O)(=O)N2CCN(c3ccccc3Cl)CC2)c(-c2ccccc2)n1. The molecular formula is C22H25ClN4O2S. The lowest BCUT2D eigenvalue weighted by Crippen LogP contribution is -2.48. The normalized spacial score (nSPS) is 15.7. The molecule has 6 nitrogen and oxygen atoms in total. The predicted octanol–water partition coefficient (Wildman–Crippen LogP) is 4.30. The van der Waals surface area contributed by atoms with Crippen molar-refractivity contribution in [3.8, 4) is 11.3 Å². The summed E-state index contributed by atoms with van der Waals surface area (Å²) in [5.74, 6) is 0. The van der Waals surface area contributed by atoms with Crippen LogP contribution in [0.2, 0.25) is 5.02 Å². The maximum Gasteiger partial charge on any atom is 0.246 e. The summed E-state index contributed by atoms with van der Waals surface area (Å²) in [5, 5.41) is 5.28. The Morgan fingerprint density at radius 2 is 1.57 bits per heavy atom. The van der Waals surface area contributed by atoms with E-state index in [1.54, 1.807) is 15.2 Å². The van der Waals surface area contributed by atoms with E-state index in [9.17, 15) is 8.42 Å². The summed E-state index contributed by atoms with van der Waals surface area (Å²) in [6.45, 7) is 5.94. The fourth-order valence-electron chi connectivity index (χ4n) is 3.64. The molecule has 158 valence electrons. The summed E-state index contributed by atoms with van der Waals surface area (Å²) < 4.78 is 30.4. The van der Waals surface area contributed by atoms with E-state index in [0.29, 0.717) is 36.9 Å². The van der Waals surface area contributed by atoms with Crippen molar-refractivity contribution in [1.82, 2.24) is 14.1 Å². The zero-order valence-corrected chi connectivity index (χ0v) is 18.6. The molecule has 1 fully saturated rings. The van der Waals surface area contributed by atoms with E-state index in [1.807, 2.05) is 68.4 Å². The van der Waals surface area contributed by atoms with E-state index in [2.05, 4.69) is 10.00 Å². The molecule has 2 aromatic carbocycles. The van der Waals surface area contributed by atoms with Gasteiger partial charge in [0.2, 0.25) is 10.0 Å². The third kappa shape index (κ3) is 3.97. The van der Waals surface area contributed by atoms with E-state index >= 15 is 0 Å². The second kappa shape index (κ2) is 8.41. The van der Waals surface area contributed by atoms with Crippen LogP contribution in [-0.4, -0.2) is 48.7 Å². The molecule has 0 bridgehead atoms. The van der Waals surface area contributed by atoms with Gasteiger partial charge in [0, 0.05) is 44.0 Å². The number of hydrogen-bond acceptors (Lipinski definition) is 4. The lowest BCUT2D eigenvalue weighted by molar-refractivity contribution is 0.385. The Hall–Kier alpha value is -2.35. The summed E-state index contributed by atoms with van der Waals surface area (Å²) in [4.78, 5) is 2.39. The van der Waals surface area contributed by atoms with Crippen LogP contribution in [0.5, 0.6) is 0 Å². The van der Waals surface area contributed by atoms with Crippen molar-refractivity contribution in [2.75, 3.05) is 31.1 Å². The molecule has 0 spiro atoms. The van der Waals surface area contributed by atoms with Crippen LogP contribution in [0, 0.1) is 0 Å². The highest BCUT2D eigenvalue weighted by molar-refractivity contribution is 7.89. The van der Waals surface area contributed by atoms with Gasteiger partial charge < -0.3 is 4.90 Å². The van der Waals surface area contributed by atoms with Gasteiger partial charge in [-0.05, 0) is 26.0 Å². The molecule has 8 heteroatoms. The zero-order chi connectivity index (χ0) is 21.3. The zero-order valence-electron chi connectivity index (χ0n) is 17.1. The number of sulfonamides is 1. The molecule has 1 aliphatic heterocycles. The quantitative estimate of drug-likeness (QED) is 0.588. The van der Waals surface area contributed by atoms with E-state index in [1.165, 1.54) is 0 Å². The Labute approximate surface area is 182 Å². The Balaban J connectivity index is 1.62. The average Bonchev–Trinajstić information content (AvgIpc) is 3.22. The van der Waals surface area contributed by atoms with Crippen molar-refractivity contribution in [3.63, 3.8) is 0 Å². The Kier molecular flexibility index (Phi) is 5.86. The number of piperazine rings is 1. The maximum absolute atomic E-state index is 13.6. The number of anilines is 1. The topological polar surface area (TPSA) is 58.4 Å². The number of halogens is 1. The van der Waals surface area contributed by atoms with E-state index < -0.39 is 10.0 Å². The first-order valence-electron chi connectivity index (χ1n) is 10.0. The summed E-state index contributed by atoms with van der Waals surface area (Å²) in [6, 6.07) is 17.2. The molecule has 3 aromatic rings. The van der Waals surface area contributed by atoms with Gasteiger partial charge in [-0.1, -0.05) is 54.1 Å². The number of para-hydroxylation sites is 1. The third-order valence-corrected chi connectivity index (χ3v) is 7.54. The minimum absolute atomic E-state index is 0.0634. The standard InChI is InChI=1S/C22H25ClN4O2S/c1-17(2)27-16-21(22(24-27)18-8-4-3-5-9-18)30(28,29)26-14-12-25(13-15-26)20-11-7-6-10-19(20)23/h3-11,16-17H,12-15H2,1-2H3. The van der Waals surface area contributed by atoms with E-state index in [0.717, 1.165) is 11.3 Å². The van der Waals surface area contributed by atoms with Crippen molar-refractivity contribution < 1.29 is 8.42 Å². The lowest BCUT2D eigenvalue weighted by Gasteiger charge is -2.35. The molecule has 30 heavy (non-hydrogen) atoms. The highest BCUT2D eigenvalue weighted by Gasteiger charge is 2.33. The van der Waals surface area contributed by atoms with Gasteiger partial charge in [-0.25, -0.2) is 8.42 Å². The van der Waals surface area contributed by atoms with Gasteiger partial charge in [0.25, 0.3) is 0 Å².